The van der Waals surface area contributed by atoms with E-state index in [4.69, 9.17) is 12.2 Å². The Morgan fingerprint density at radius 2 is 1.70 bits per heavy atom. The van der Waals surface area contributed by atoms with Crippen molar-refractivity contribution in [3.8, 4) is 0 Å². The molecule has 0 bridgehead atoms. The maximum absolute atomic E-state index is 13.6. The number of H-pyrrole nitrogens is 1. The first-order valence-corrected chi connectivity index (χ1v) is 15.1. The van der Waals surface area contributed by atoms with Crippen LogP contribution in [0.4, 0.5) is 5.69 Å². The van der Waals surface area contributed by atoms with E-state index in [9.17, 15) is 8.42 Å². The van der Waals surface area contributed by atoms with Crippen molar-refractivity contribution >= 4 is 33.0 Å². The molecule has 2 aliphatic rings. The number of likely N-dealkylation sites (tertiary alicyclic amines) is 1. The van der Waals surface area contributed by atoms with Gasteiger partial charge in [0.25, 0.3) is 10.0 Å². The lowest BCUT2D eigenvalue weighted by atomic mass is 9.89. The van der Waals surface area contributed by atoms with Gasteiger partial charge < -0.3 is 15.2 Å². The first-order chi connectivity index (χ1) is 18.0. The van der Waals surface area contributed by atoms with Gasteiger partial charge in [-0.2, -0.15) is 0 Å². The summed E-state index contributed by atoms with van der Waals surface area (Å²) in [6, 6.07) is 17.1. The molecule has 0 atom stereocenters. The molecule has 2 heterocycles. The number of anilines is 1. The summed E-state index contributed by atoms with van der Waals surface area (Å²) in [6.45, 7) is 2.07. The van der Waals surface area contributed by atoms with Crippen LogP contribution in [0.25, 0.3) is 0 Å². The molecule has 9 heteroatoms. The van der Waals surface area contributed by atoms with Crippen molar-refractivity contribution in [2.75, 3.05) is 17.4 Å². The molecular weight excluding hydrogens is 502 g/mol. The second-order valence-electron chi connectivity index (χ2n) is 10.0. The minimum absolute atomic E-state index is 0.181. The highest BCUT2D eigenvalue weighted by atomic mass is 32.2. The van der Waals surface area contributed by atoms with Crippen LogP contribution in [0.2, 0.25) is 0 Å². The van der Waals surface area contributed by atoms with Crippen LogP contribution in [0, 0.1) is 0 Å². The summed E-state index contributed by atoms with van der Waals surface area (Å²) >= 11 is 5.72. The molecule has 2 aromatic carbocycles. The van der Waals surface area contributed by atoms with Gasteiger partial charge in [-0.25, -0.2) is 13.4 Å². The number of aromatic amines is 1. The van der Waals surface area contributed by atoms with Crippen molar-refractivity contribution in [3.63, 3.8) is 0 Å². The SMILES string of the molecule is O=S(=O)(c1ccccc1)N(Cc1cnc[nH]1)c1ccc(C2CCN(C(=S)NC3CCCCC3)CC2)cc1. The number of hydrogen-bond donors (Lipinski definition) is 2. The number of rotatable bonds is 7. The lowest BCUT2D eigenvalue weighted by molar-refractivity contribution is 0.301. The molecule has 0 unspecified atom stereocenters. The minimum atomic E-state index is -3.74. The predicted octanol–water partition coefficient (Wildman–Crippen LogP) is 5.19. The maximum Gasteiger partial charge on any atom is 0.264 e. The van der Waals surface area contributed by atoms with Gasteiger partial charge >= 0.3 is 0 Å². The monoisotopic (exact) mass is 537 g/mol. The van der Waals surface area contributed by atoms with E-state index in [0.29, 0.717) is 17.6 Å². The van der Waals surface area contributed by atoms with Crippen molar-refractivity contribution in [1.82, 2.24) is 20.2 Å². The fourth-order valence-corrected chi connectivity index (χ4v) is 7.22. The molecule has 3 aromatic rings. The van der Waals surface area contributed by atoms with Gasteiger partial charge in [0.05, 0.1) is 29.1 Å². The highest BCUT2D eigenvalue weighted by Gasteiger charge is 2.27. The van der Waals surface area contributed by atoms with Crippen LogP contribution in [0.3, 0.4) is 0 Å². The molecule has 7 nitrogen and oxygen atoms in total. The van der Waals surface area contributed by atoms with Crippen molar-refractivity contribution in [2.24, 2.45) is 0 Å². The van der Waals surface area contributed by atoms with E-state index < -0.39 is 10.0 Å². The third-order valence-corrected chi connectivity index (χ3v) is 9.73. The van der Waals surface area contributed by atoms with Crippen LogP contribution in [0.5, 0.6) is 0 Å². The van der Waals surface area contributed by atoms with Gasteiger partial charge in [0, 0.05) is 25.3 Å². The molecule has 0 radical (unpaired) electrons. The summed E-state index contributed by atoms with van der Waals surface area (Å²) in [5.41, 5.74) is 2.61. The number of aromatic nitrogens is 2. The van der Waals surface area contributed by atoms with Crippen LogP contribution in [0.1, 0.15) is 62.1 Å². The largest absolute Gasteiger partial charge is 0.360 e. The van der Waals surface area contributed by atoms with E-state index in [1.54, 1.807) is 36.8 Å². The number of sulfonamides is 1. The van der Waals surface area contributed by atoms with Crippen molar-refractivity contribution in [1.29, 1.82) is 0 Å². The zero-order valence-electron chi connectivity index (χ0n) is 21.1. The van der Waals surface area contributed by atoms with Crippen LogP contribution >= 0.6 is 12.2 Å². The van der Waals surface area contributed by atoms with Gasteiger partial charge in [0.2, 0.25) is 0 Å². The van der Waals surface area contributed by atoms with Crippen LogP contribution in [-0.4, -0.2) is 47.5 Å². The fourth-order valence-electron chi connectivity index (χ4n) is 5.40. The number of nitrogens with one attached hydrogen (secondary N) is 2. The van der Waals surface area contributed by atoms with Gasteiger partial charge in [-0.3, -0.25) is 4.31 Å². The molecule has 0 amide bonds. The van der Waals surface area contributed by atoms with Crippen LogP contribution in [-0.2, 0) is 16.6 Å². The Morgan fingerprint density at radius 3 is 2.35 bits per heavy atom. The average molecular weight is 538 g/mol. The fraction of sp³-hybridized carbons (Fsp3) is 0.429. The lowest BCUT2D eigenvalue weighted by Gasteiger charge is -2.36. The number of hydrogen-bond acceptors (Lipinski definition) is 4. The molecule has 2 fully saturated rings. The lowest BCUT2D eigenvalue weighted by Crippen LogP contribution is -2.47. The normalized spacial score (nSPS) is 17.5. The Balaban J connectivity index is 1.26. The van der Waals surface area contributed by atoms with Crippen LogP contribution < -0.4 is 9.62 Å². The maximum atomic E-state index is 13.6. The Labute approximate surface area is 225 Å². The highest BCUT2D eigenvalue weighted by molar-refractivity contribution is 7.92. The van der Waals surface area contributed by atoms with E-state index in [0.717, 1.165) is 36.7 Å². The number of benzene rings is 2. The van der Waals surface area contributed by atoms with Crippen molar-refractivity contribution in [3.05, 3.63) is 78.4 Å². The zero-order valence-corrected chi connectivity index (χ0v) is 22.7. The second-order valence-corrected chi connectivity index (χ2v) is 12.3. The van der Waals surface area contributed by atoms with Crippen molar-refractivity contribution < 1.29 is 8.42 Å². The van der Waals surface area contributed by atoms with Crippen molar-refractivity contribution in [2.45, 2.75) is 68.3 Å². The molecule has 1 saturated carbocycles. The molecule has 0 spiro atoms. The Morgan fingerprint density at radius 1 is 1.00 bits per heavy atom. The zero-order chi connectivity index (χ0) is 25.7. The highest BCUT2D eigenvalue weighted by Crippen LogP contribution is 2.32. The standard InChI is InChI=1S/C28H35N5O2S2/c34-37(35,27-9-5-2-6-10-27)33(20-25-19-29-21-30-25)26-13-11-22(12-14-26)23-15-17-32(18-16-23)28(36)31-24-7-3-1-4-8-24/h2,5-6,9-14,19,21,23-24H,1,3-4,7-8,15-18,20H2,(H,29,30)(H,31,36). The number of imidazole rings is 1. The summed E-state index contributed by atoms with van der Waals surface area (Å²) in [5, 5.41) is 4.50. The van der Waals surface area contributed by atoms with E-state index in [-0.39, 0.29) is 11.4 Å². The molecular formula is C28H35N5O2S2. The smallest absolute Gasteiger partial charge is 0.264 e. The summed E-state index contributed by atoms with van der Waals surface area (Å²) in [4.78, 5) is 9.66. The van der Waals surface area contributed by atoms with Gasteiger partial charge in [0.15, 0.2) is 5.11 Å². The van der Waals surface area contributed by atoms with Gasteiger partial charge in [0.1, 0.15) is 0 Å². The molecule has 37 heavy (non-hydrogen) atoms. The van der Waals surface area contributed by atoms with Gasteiger partial charge in [-0.15, -0.1) is 0 Å². The molecule has 196 valence electrons. The number of nitrogens with zero attached hydrogens (tertiary/aromatic N) is 3. The van der Waals surface area contributed by atoms with Gasteiger partial charge in [-0.05, 0) is 73.6 Å². The van der Waals surface area contributed by atoms with Gasteiger partial charge in [-0.1, -0.05) is 49.6 Å². The summed E-state index contributed by atoms with van der Waals surface area (Å²) in [7, 11) is -3.74. The molecule has 2 N–H and O–H groups in total. The summed E-state index contributed by atoms with van der Waals surface area (Å²) in [5.74, 6) is 0.439. The molecule has 1 aromatic heterocycles. The Bertz CT molecular complexity index is 1250. The summed E-state index contributed by atoms with van der Waals surface area (Å²) in [6.07, 6.45) is 11.7. The molecule has 1 aliphatic heterocycles. The van der Waals surface area contributed by atoms with E-state index in [2.05, 4.69) is 32.3 Å². The van der Waals surface area contributed by atoms with E-state index >= 15 is 0 Å². The number of thiocarbonyl (C=S) groups is 1. The minimum Gasteiger partial charge on any atom is -0.360 e. The quantitative estimate of drug-likeness (QED) is 0.404. The topological polar surface area (TPSA) is 81.3 Å². The second kappa shape index (κ2) is 11.6. The third-order valence-electron chi connectivity index (χ3n) is 7.57. The Hall–Kier alpha value is -2.91. The average Bonchev–Trinajstić information content (AvgIpc) is 3.46. The summed E-state index contributed by atoms with van der Waals surface area (Å²) < 4.78 is 28.6. The first kappa shape index (κ1) is 25.7. The third kappa shape index (κ3) is 6.15. The van der Waals surface area contributed by atoms with E-state index in [1.807, 2.05) is 18.2 Å². The number of piperidine rings is 1. The Kier molecular flexibility index (Phi) is 8.10. The molecule has 1 aliphatic carbocycles. The molecule has 1 saturated heterocycles. The van der Waals surface area contributed by atoms with Crippen LogP contribution in [0.15, 0.2) is 72.0 Å². The first-order valence-electron chi connectivity index (χ1n) is 13.2. The molecule has 5 rings (SSSR count). The predicted molar refractivity (Wildman–Crippen MR) is 151 cm³/mol. The van der Waals surface area contributed by atoms with E-state index in [1.165, 1.54) is 42.0 Å².